The van der Waals surface area contributed by atoms with Crippen molar-refractivity contribution < 1.29 is 0 Å². The van der Waals surface area contributed by atoms with Crippen molar-refractivity contribution in [2.24, 2.45) is 5.41 Å². The average Bonchev–Trinajstić information content (AvgIpc) is 2.25. The molecule has 0 atom stereocenters. The number of nitrogens with one attached hydrogen (secondary N) is 1. The van der Waals surface area contributed by atoms with Gasteiger partial charge in [-0.2, -0.15) is 0 Å². The molecule has 0 saturated carbocycles. The molecular formula is C15H23N. The van der Waals surface area contributed by atoms with Crippen molar-refractivity contribution >= 4 is 5.69 Å². The molecule has 1 aliphatic rings. The third-order valence-corrected chi connectivity index (χ3v) is 3.28. The van der Waals surface area contributed by atoms with Gasteiger partial charge in [-0.25, -0.2) is 0 Å². The zero-order chi connectivity index (χ0) is 11.6. The molecule has 0 aromatic heterocycles. The second-order valence-electron chi connectivity index (χ2n) is 6.08. The van der Waals surface area contributed by atoms with Gasteiger partial charge in [0.2, 0.25) is 0 Å². The first-order valence-corrected chi connectivity index (χ1v) is 6.40. The number of rotatable bonds is 2. The standard InChI is InChI=1S/C15H23N/c1-15(2,3)9-8-12-6-7-13-5-4-10-16-14(13)11-12/h6-7,11,16H,4-5,8-10H2,1-3H3. The second kappa shape index (κ2) is 4.48. The normalized spacial score (nSPS) is 15.4. The molecule has 0 unspecified atom stereocenters. The van der Waals surface area contributed by atoms with Gasteiger partial charge < -0.3 is 5.32 Å². The van der Waals surface area contributed by atoms with E-state index in [0.717, 1.165) is 6.54 Å². The van der Waals surface area contributed by atoms with Crippen LogP contribution in [0.4, 0.5) is 5.69 Å². The van der Waals surface area contributed by atoms with Crippen molar-refractivity contribution in [3.05, 3.63) is 29.3 Å². The van der Waals surface area contributed by atoms with Crippen LogP contribution in [0.15, 0.2) is 18.2 Å². The summed E-state index contributed by atoms with van der Waals surface area (Å²) in [6, 6.07) is 6.96. The average molecular weight is 217 g/mol. The Morgan fingerprint density at radius 2 is 2.06 bits per heavy atom. The largest absolute Gasteiger partial charge is 0.385 e. The first-order valence-electron chi connectivity index (χ1n) is 6.40. The van der Waals surface area contributed by atoms with Gasteiger partial charge in [0, 0.05) is 12.2 Å². The minimum atomic E-state index is 0.434. The maximum atomic E-state index is 3.50. The van der Waals surface area contributed by atoms with Crippen LogP contribution in [0.25, 0.3) is 0 Å². The van der Waals surface area contributed by atoms with E-state index < -0.39 is 0 Å². The molecule has 1 aromatic rings. The molecular weight excluding hydrogens is 194 g/mol. The van der Waals surface area contributed by atoms with E-state index >= 15 is 0 Å². The molecule has 0 amide bonds. The van der Waals surface area contributed by atoms with Gasteiger partial charge in [-0.1, -0.05) is 32.9 Å². The number of fused-ring (bicyclic) bond motifs is 1. The van der Waals surface area contributed by atoms with Crippen LogP contribution in [0.3, 0.4) is 0 Å². The van der Waals surface area contributed by atoms with Crippen LogP contribution in [0.2, 0.25) is 0 Å². The zero-order valence-electron chi connectivity index (χ0n) is 10.8. The first-order chi connectivity index (χ1) is 7.54. The Balaban J connectivity index is 2.06. The van der Waals surface area contributed by atoms with Crippen LogP contribution in [0.5, 0.6) is 0 Å². The topological polar surface area (TPSA) is 12.0 Å². The quantitative estimate of drug-likeness (QED) is 0.789. The lowest BCUT2D eigenvalue weighted by atomic mass is 9.88. The molecule has 1 heterocycles. The van der Waals surface area contributed by atoms with Crippen LogP contribution >= 0.6 is 0 Å². The Morgan fingerprint density at radius 1 is 1.25 bits per heavy atom. The molecule has 0 fully saturated rings. The molecule has 0 bridgehead atoms. The van der Waals surface area contributed by atoms with Gasteiger partial charge in [-0.3, -0.25) is 0 Å². The van der Waals surface area contributed by atoms with Crippen molar-refractivity contribution in [1.29, 1.82) is 0 Å². The molecule has 16 heavy (non-hydrogen) atoms. The lowest BCUT2D eigenvalue weighted by molar-refractivity contribution is 0.378. The van der Waals surface area contributed by atoms with Crippen molar-refractivity contribution in [3.8, 4) is 0 Å². The molecule has 1 nitrogen and oxygen atoms in total. The molecule has 0 spiro atoms. The van der Waals surface area contributed by atoms with Gasteiger partial charge in [0.1, 0.15) is 0 Å². The van der Waals surface area contributed by atoms with Crippen molar-refractivity contribution in [2.75, 3.05) is 11.9 Å². The number of hydrogen-bond acceptors (Lipinski definition) is 1. The van der Waals surface area contributed by atoms with Crippen LogP contribution in [0.1, 0.15) is 44.7 Å². The fourth-order valence-electron chi connectivity index (χ4n) is 2.18. The van der Waals surface area contributed by atoms with E-state index in [1.807, 2.05) is 0 Å². The van der Waals surface area contributed by atoms with Crippen LogP contribution in [-0.2, 0) is 12.8 Å². The van der Waals surface area contributed by atoms with E-state index in [9.17, 15) is 0 Å². The van der Waals surface area contributed by atoms with Gasteiger partial charge >= 0.3 is 0 Å². The van der Waals surface area contributed by atoms with Crippen molar-refractivity contribution in [3.63, 3.8) is 0 Å². The smallest absolute Gasteiger partial charge is 0.0375 e. The first kappa shape index (κ1) is 11.5. The van der Waals surface area contributed by atoms with E-state index in [1.165, 1.54) is 42.5 Å². The van der Waals surface area contributed by atoms with E-state index in [0.29, 0.717) is 5.41 Å². The summed E-state index contributed by atoms with van der Waals surface area (Å²) in [5.41, 5.74) is 4.77. The highest BCUT2D eigenvalue weighted by atomic mass is 14.9. The van der Waals surface area contributed by atoms with E-state index in [-0.39, 0.29) is 0 Å². The number of anilines is 1. The number of benzene rings is 1. The third kappa shape index (κ3) is 3.01. The molecule has 1 heteroatoms. The van der Waals surface area contributed by atoms with E-state index in [2.05, 4.69) is 44.3 Å². The van der Waals surface area contributed by atoms with Gasteiger partial charge in [0.05, 0.1) is 0 Å². The van der Waals surface area contributed by atoms with E-state index in [4.69, 9.17) is 0 Å². The fraction of sp³-hybridized carbons (Fsp3) is 0.600. The number of aryl methyl sites for hydroxylation is 2. The molecule has 0 aliphatic carbocycles. The summed E-state index contributed by atoms with van der Waals surface area (Å²) in [7, 11) is 0. The highest BCUT2D eigenvalue weighted by Gasteiger charge is 2.12. The van der Waals surface area contributed by atoms with Crippen LogP contribution in [0, 0.1) is 5.41 Å². The Hall–Kier alpha value is -0.980. The summed E-state index contributed by atoms with van der Waals surface area (Å²) in [4.78, 5) is 0. The summed E-state index contributed by atoms with van der Waals surface area (Å²) in [5.74, 6) is 0. The van der Waals surface area contributed by atoms with Crippen molar-refractivity contribution in [1.82, 2.24) is 0 Å². The Bertz CT molecular complexity index is 360. The minimum Gasteiger partial charge on any atom is -0.385 e. The Morgan fingerprint density at radius 3 is 2.81 bits per heavy atom. The third-order valence-electron chi connectivity index (χ3n) is 3.28. The van der Waals surface area contributed by atoms with Gasteiger partial charge in [-0.05, 0) is 48.3 Å². The predicted molar refractivity (Wildman–Crippen MR) is 71.0 cm³/mol. The molecule has 1 aliphatic heterocycles. The second-order valence-corrected chi connectivity index (χ2v) is 6.08. The minimum absolute atomic E-state index is 0.434. The molecule has 0 saturated heterocycles. The maximum absolute atomic E-state index is 3.50. The lowest BCUT2D eigenvalue weighted by Crippen LogP contribution is -2.12. The van der Waals surface area contributed by atoms with Gasteiger partial charge in [0.25, 0.3) is 0 Å². The summed E-state index contributed by atoms with van der Waals surface area (Å²) in [6.07, 6.45) is 4.96. The van der Waals surface area contributed by atoms with Gasteiger partial charge in [-0.15, -0.1) is 0 Å². The highest BCUT2D eigenvalue weighted by Crippen LogP contribution is 2.26. The summed E-state index contributed by atoms with van der Waals surface area (Å²) < 4.78 is 0. The fourth-order valence-corrected chi connectivity index (χ4v) is 2.18. The maximum Gasteiger partial charge on any atom is 0.0375 e. The van der Waals surface area contributed by atoms with E-state index in [1.54, 1.807) is 0 Å². The Kier molecular flexibility index (Phi) is 3.22. The molecule has 2 rings (SSSR count). The molecule has 1 N–H and O–H groups in total. The zero-order valence-corrected chi connectivity index (χ0v) is 10.8. The lowest BCUT2D eigenvalue weighted by Gasteiger charge is -2.21. The molecule has 0 radical (unpaired) electrons. The predicted octanol–water partition coefficient (Wildman–Crippen LogP) is 4.02. The SMILES string of the molecule is CC(C)(C)CCc1ccc2c(c1)NCCC2. The van der Waals surface area contributed by atoms with Crippen LogP contribution in [-0.4, -0.2) is 6.54 Å². The Labute approximate surface area is 99.3 Å². The molecule has 1 aromatic carbocycles. The monoisotopic (exact) mass is 217 g/mol. The van der Waals surface area contributed by atoms with Gasteiger partial charge in [0.15, 0.2) is 0 Å². The van der Waals surface area contributed by atoms with Crippen molar-refractivity contribution in [2.45, 2.75) is 46.5 Å². The number of hydrogen-bond donors (Lipinski definition) is 1. The highest BCUT2D eigenvalue weighted by molar-refractivity contribution is 5.54. The summed E-state index contributed by atoms with van der Waals surface area (Å²) >= 11 is 0. The summed E-state index contributed by atoms with van der Waals surface area (Å²) in [5, 5.41) is 3.50. The van der Waals surface area contributed by atoms with Crippen LogP contribution < -0.4 is 5.32 Å². The molecule has 88 valence electrons. The summed E-state index contributed by atoms with van der Waals surface area (Å²) in [6.45, 7) is 8.06.